The minimum absolute atomic E-state index is 0.279. The lowest BCUT2D eigenvalue weighted by atomic mass is 10.2. The highest BCUT2D eigenvalue weighted by Gasteiger charge is 2.16. The van der Waals surface area contributed by atoms with Crippen LogP contribution in [-0.2, 0) is 14.3 Å². The zero-order chi connectivity index (χ0) is 8.85. The minimum atomic E-state index is -1.08. The number of carbonyl (C=O) groups is 2. The Hall–Kier alpha value is -1.14. The fraction of sp³-hybridized carbons (Fsp3) is 0.600. The summed E-state index contributed by atoms with van der Waals surface area (Å²) >= 11 is 0. The summed E-state index contributed by atoms with van der Waals surface area (Å²) in [6.45, 7) is -0.745. The second kappa shape index (κ2) is 4.64. The molecule has 0 saturated heterocycles. The zero-order valence-electron chi connectivity index (χ0n) is 5.82. The molecule has 6 heteroatoms. The molecule has 0 fully saturated rings. The predicted molar refractivity (Wildman–Crippen MR) is 35.0 cm³/mol. The van der Waals surface area contributed by atoms with Crippen LogP contribution in [0.4, 0.5) is 0 Å². The summed E-state index contributed by atoms with van der Waals surface area (Å²) in [4.78, 5) is 20.8. The average Bonchev–Trinajstić information content (AvgIpc) is 1.86. The van der Waals surface area contributed by atoms with Crippen LogP contribution in [0.25, 0.3) is 0 Å². The first-order valence-corrected chi connectivity index (χ1v) is 2.89. The number of amides is 1. The van der Waals surface area contributed by atoms with Gasteiger partial charge in [-0.15, -0.1) is 0 Å². The summed E-state index contributed by atoms with van der Waals surface area (Å²) in [6, 6.07) is -1.08. The van der Waals surface area contributed by atoms with E-state index in [-0.39, 0.29) is 6.42 Å². The van der Waals surface area contributed by atoms with Crippen molar-refractivity contribution in [2.75, 3.05) is 6.79 Å². The molecule has 0 aliphatic carbocycles. The molecule has 0 bridgehead atoms. The predicted octanol–water partition coefficient (Wildman–Crippen LogP) is -2.32. The standard InChI is InChI=1S/C5H10N2O4/c6-3(1-4(7)9)5(10)11-2-8/h3,8H,1-2,6H2,(H2,7,9)/t3-/m0/s1. The van der Waals surface area contributed by atoms with Crippen molar-refractivity contribution in [1.82, 2.24) is 0 Å². The summed E-state index contributed by atoms with van der Waals surface area (Å²) < 4.78 is 4.09. The van der Waals surface area contributed by atoms with E-state index < -0.39 is 24.7 Å². The molecule has 0 aliphatic heterocycles. The number of aliphatic hydroxyl groups is 1. The van der Waals surface area contributed by atoms with Gasteiger partial charge in [0.25, 0.3) is 0 Å². The number of hydrogen-bond donors (Lipinski definition) is 3. The quantitative estimate of drug-likeness (QED) is 0.317. The lowest BCUT2D eigenvalue weighted by Crippen LogP contribution is -2.36. The Kier molecular flexibility index (Phi) is 4.16. The molecule has 1 atom stereocenters. The van der Waals surface area contributed by atoms with Crippen LogP contribution >= 0.6 is 0 Å². The van der Waals surface area contributed by atoms with Gasteiger partial charge in [-0.25, -0.2) is 0 Å². The lowest BCUT2D eigenvalue weighted by Gasteiger charge is -2.06. The number of aliphatic hydroxyl groups excluding tert-OH is 1. The number of carbonyl (C=O) groups excluding carboxylic acids is 2. The monoisotopic (exact) mass is 162 g/mol. The summed E-state index contributed by atoms with van der Waals surface area (Å²) in [6.07, 6.45) is -0.279. The third-order valence-electron chi connectivity index (χ3n) is 0.931. The summed E-state index contributed by atoms with van der Waals surface area (Å²) in [7, 11) is 0. The van der Waals surface area contributed by atoms with Gasteiger partial charge in [0.15, 0.2) is 6.79 Å². The van der Waals surface area contributed by atoms with E-state index in [2.05, 4.69) is 4.74 Å². The first-order chi connectivity index (χ1) is 5.07. The van der Waals surface area contributed by atoms with Gasteiger partial charge in [0.05, 0.1) is 6.42 Å². The maximum atomic E-state index is 10.6. The van der Waals surface area contributed by atoms with E-state index in [0.29, 0.717) is 0 Å². The average molecular weight is 162 g/mol. The van der Waals surface area contributed by atoms with Gasteiger partial charge >= 0.3 is 5.97 Å². The molecule has 0 radical (unpaired) electrons. The number of rotatable bonds is 4. The number of esters is 1. The van der Waals surface area contributed by atoms with Crippen LogP contribution in [0, 0.1) is 0 Å². The normalized spacial score (nSPS) is 12.2. The third kappa shape index (κ3) is 4.29. The van der Waals surface area contributed by atoms with Crippen molar-refractivity contribution in [1.29, 1.82) is 0 Å². The van der Waals surface area contributed by atoms with Crippen LogP contribution in [0.5, 0.6) is 0 Å². The third-order valence-corrected chi connectivity index (χ3v) is 0.931. The Labute approximate surface area is 63.1 Å². The lowest BCUT2D eigenvalue weighted by molar-refractivity contribution is -0.154. The molecular weight excluding hydrogens is 152 g/mol. The Morgan fingerprint density at radius 1 is 1.55 bits per heavy atom. The van der Waals surface area contributed by atoms with Crippen LogP contribution in [0.1, 0.15) is 6.42 Å². The maximum absolute atomic E-state index is 10.6. The summed E-state index contributed by atoms with van der Waals surface area (Å²) in [5, 5.41) is 8.10. The van der Waals surface area contributed by atoms with Gasteiger partial charge in [-0.2, -0.15) is 0 Å². The van der Waals surface area contributed by atoms with Gasteiger partial charge in [0, 0.05) is 0 Å². The fourth-order valence-corrected chi connectivity index (χ4v) is 0.471. The first kappa shape index (κ1) is 9.86. The number of nitrogens with two attached hydrogens (primary N) is 2. The smallest absolute Gasteiger partial charge is 0.325 e. The van der Waals surface area contributed by atoms with E-state index in [1.807, 2.05) is 0 Å². The van der Waals surface area contributed by atoms with Crippen LogP contribution in [0.3, 0.4) is 0 Å². The first-order valence-electron chi connectivity index (χ1n) is 2.89. The van der Waals surface area contributed by atoms with E-state index in [9.17, 15) is 9.59 Å². The van der Waals surface area contributed by atoms with Crippen LogP contribution in [0.2, 0.25) is 0 Å². The fourth-order valence-electron chi connectivity index (χ4n) is 0.471. The Morgan fingerprint density at radius 3 is 2.45 bits per heavy atom. The van der Waals surface area contributed by atoms with E-state index in [1.54, 1.807) is 0 Å². The Balaban J connectivity index is 3.73. The molecule has 0 aromatic carbocycles. The van der Waals surface area contributed by atoms with Crippen molar-refractivity contribution in [3.8, 4) is 0 Å². The molecule has 1 amide bonds. The molecule has 64 valence electrons. The van der Waals surface area contributed by atoms with Gasteiger partial charge in [0.2, 0.25) is 5.91 Å². The van der Waals surface area contributed by atoms with Gasteiger partial charge in [-0.05, 0) is 0 Å². The van der Waals surface area contributed by atoms with Crippen molar-refractivity contribution < 1.29 is 19.4 Å². The van der Waals surface area contributed by atoms with Gasteiger partial charge in [-0.3, -0.25) is 9.59 Å². The Morgan fingerprint density at radius 2 is 2.09 bits per heavy atom. The highest BCUT2D eigenvalue weighted by atomic mass is 16.6. The second-order valence-corrected chi connectivity index (χ2v) is 1.87. The van der Waals surface area contributed by atoms with Gasteiger partial charge < -0.3 is 21.3 Å². The largest absolute Gasteiger partial charge is 0.438 e. The molecule has 0 heterocycles. The highest BCUT2D eigenvalue weighted by Crippen LogP contribution is 1.89. The Bertz CT molecular complexity index is 159. The second-order valence-electron chi connectivity index (χ2n) is 1.87. The van der Waals surface area contributed by atoms with E-state index >= 15 is 0 Å². The van der Waals surface area contributed by atoms with E-state index in [0.717, 1.165) is 0 Å². The molecule has 0 aromatic heterocycles. The molecule has 6 nitrogen and oxygen atoms in total. The van der Waals surface area contributed by atoms with Gasteiger partial charge in [-0.1, -0.05) is 0 Å². The van der Waals surface area contributed by atoms with E-state index in [4.69, 9.17) is 16.6 Å². The molecule has 0 aromatic rings. The molecule has 5 N–H and O–H groups in total. The number of ether oxygens (including phenoxy) is 1. The van der Waals surface area contributed by atoms with Crippen molar-refractivity contribution in [3.63, 3.8) is 0 Å². The van der Waals surface area contributed by atoms with Crippen molar-refractivity contribution >= 4 is 11.9 Å². The molecule has 0 unspecified atom stereocenters. The van der Waals surface area contributed by atoms with E-state index in [1.165, 1.54) is 0 Å². The minimum Gasteiger partial charge on any atom is -0.438 e. The number of primary amides is 1. The van der Waals surface area contributed by atoms with Crippen molar-refractivity contribution in [3.05, 3.63) is 0 Å². The molecule has 0 saturated carbocycles. The van der Waals surface area contributed by atoms with Crippen LogP contribution in [-0.4, -0.2) is 29.8 Å². The van der Waals surface area contributed by atoms with Crippen LogP contribution in [0.15, 0.2) is 0 Å². The molecular formula is C5H10N2O4. The molecule has 11 heavy (non-hydrogen) atoms. The van der Waals surface area contributed by atoms with Crippen LogP contribution < -0.4 is 11.5 Å². The summed E-state index contributed by atoms with van der Waals surface area (Å²) in [5.74, 6) is -1.53. The molecule has 0 aliphatic rings. The number of hydrogen-bond acceptors (Lipinski definition) is 5. The molecule has 0 spiro atoms. The molecule has 0 rings (SSSR count). The van der Waals surface area contributed by atoms with Crippen molar-refractivity contribution in [2.24, 2.45) is 11.5 Å². The summed E-state index contributed by atoms with van der Waals surface area (Å²) in [5.41, 5.74) is 9.86. The topological polar surface area (TPSA) is 116 Å². The maximum Gasteiger partial charge on any atom is 0.325 e. The SMILES string of the molecule is NC(=O)C[C@H](N)C(=O)OCO. The van der Waals surface area contributed by atoms with Gasteiger partial charge in [0.1, 0.15) is 6.04 Å². The zero-order valence-corrected chi connectivity index (χ0v) is 5.82. The highest BCUT2D eigenvalue weighted by molar-refractivity contribution is 5.84. The van der Waals surface area contributed by atoms with Crippen molar-refractivity contribution in [2.45, 2.75) is 12.5 Å².